The molecule has 0 aliphatic heterocycles. The van der Waals surface area contributed by atoms with Gasteiger partial charge in [-0.15, -0.1) is 0 Å². The van der Waals surface area contributed by atoms with Crippen LogP contribution in [0.4, 0.5) is 11.4 Å². The molecule has 0 saturated heterocycles. The Morgan fingerprint density at radius 1 is 0.732 bits per heavy atom. The molecule has 41 heavy (non-hydrogen) atoms. The van der Waals surface area contributed by atoms with Gasteiger partial charge in [0.1, 0.15) is 23.3 Å². The third-order valence-electron chi connectivity index (χ3n) is 5.18. The zero-order valence-corrected chi connectivity index (χ0v) is 20.6. The number of fused-ring (bicyclic) bond motifs is 2. The zero-order chi connectivity index (χ0) is 27.8. The van der Waals surface area contributed by atoms with Gasteiger partial charge in [0.15, 0.2) is 5.75 Å². The van der Waals surface area contributed by atoms with Crippen molar-refractivity contribution in [3.05, 3.63) is 123 Å². The Bertz CT molecular complexity index is 1720. The number of phenols is 1. The molecule has 0 atom stereocenters. The SMILES string of the molecule is C.C.O=[N+]([O-])c1ccc(Cl)nc1.O=[N+]([O-])c1ccc(Oc2cccc3cc[nH]c23)nc1.Oc1cccc2cc[nH]c12. The summed E-state index contributed by atoms with van der Waals surface area (Å²) in [6.45, 7) is 0. The maximum absolute atomic E-state index is 10.5. The van der Waals surface area contributed by atoms with Crippen molar-refractivity contribution in [1.29, 1.82) is 0 Å². The van der Waals surface area contributed by atoms with E-state index in [0.717, 1.165) is 28.0 Å². The van der Waals surface area contributed by atoms with E-state index in [1.165, 1.54) is 30.5 Å². The van der Waals surface area contributed by atoms with Crippen LogP contribution in [0.1, 0.15) is 14.9 Å². The Kier molecular flexibility index (Phi) is 11.3. The fourth-order valence-electron chi connectivity index (χ4n) is 3.34. The molecule has 0 aliphatic rings. The van der Waals surface area contributed by atoms with E-state index in [0.29, 0.717) is 17.4 Å². The molecule has 13 heteroatoms. The van der Waals surface area contributed by atoms with Crippen LogP contribution in [0.15, 0.2) is 97.6 Å². The second-order valence-electron chi connectivity index (χ2n) is 7.73. The second-order valence-corrected chi connectivity index (χ2v) is 8.11. The molecule has 4 heterocycles. The molecule has 0 spiro atoms. The molecule has 12 nitrogen and oxygen atoms in total. The highest BCUT2D eigenvalue weighted by Crippen LogP contribution is 2.28. The summed E-state index contributed by atoms with van der Waals surface area (Å²) >= 11 is 5.38. The Morgan fingerprint density at radius 2 is 1.29 bits per heavy atom. The van der Waals surface area contributed by atoms with Crippen molar-refractivity contribution < 1.29 is 19.7 Å². The monoisotopic (exact) mass is 578 g/mol. The number of nitrogens with one attached hydrogen (secondary N) is 2. The molecule has 0 unspecified atom stereocenters. The van der Waals surface area contributed by atoms with Gasteiger partial charge in [0, 0.05) is 41.4 Å². The number of halogens is 1. The molecule has 0 fully saturated rings. The van der Waals surface area contributed by atoms with Gasteiger partial charge in [-0.1, -0.05) is 50.7 Å². The highest BCUT2D eigenvalue weighted by molar-refractivity contribution is 6.29. The number of para-hydroxylation sites is 2. The smallest absolute Gasteiger partial charge is 0.287 e. The number of hydrogen-bond acceptors (Lipinski definition) is 8. The van der Waals surface area contributed by atoms with Gasteiger partial charge in [0.25, 0.3) is 11.4 Å². The van der Waals surface area contributed by atoms with Crippen molar-refractivity contribution in [2.75, 3.05) is 0 Å². The quantitative estimate of drug-likeness (QED) is 0.107. The van der Waals surface area contributed by atoms with E-state index in [4.69, 9.17) is 16.3 Å². The molecule has 0 bridgehead atoms. The van der Waals surface area contributed by atoms with Crippen molar-refractivity contribution in [2.45, 2.75) is 14.9 Å². The second kappa shape index (κ2) is 14.6. The van der Waals surface area contributed by atoms with Crippen LogP contribution in [0.2, 0.25) is 5.15 Å². The number of rotatable bonds is 4. The Morgan fingerprint density at radius 3 is 1.83 bits per heavy atom. The molecule has 0 aliphatic carbocycles. The summed E-state index contributed by atoms with van der Waals surface area (Å²) in [7, 11) is 0. The normalized spacial score (nSPS) is 9.68. The number of pyridine rings is 2. The molecule has 3 N–H and O–H groups in total. The number of aromatic hydroxyl groups is 1. The number of hydrogen-bond donors (Lipinski definition) is 3. The number of nitrogens with zero attached hydrogens (tertiary/aromatic N) is 4. The highest BCUT2D eigenvalue weighted by Gasteiger charge is 2.08. The summed E-state index contributed by atoms with van der Waals surface area (Å²) in [5.74, 6) is 1.25. The topological polar surface area (TPSA) is 173 Å². The minimum absolute atomic E-state index is 0. The summed E-state index contributed by atoms with van der Waals surface area (Å²) in [5, 5.41) is 32.1. The van der Waals surface area contributed by atoms with Crippen LogP contribution in [0.5, 0.6) is 17.4 Å². The van der Waals surface area contributed by atoms with Gasteiger partial charge in [-0.25, -0.2) is 9.97 Å². The fraction of sp³-hybridized carbons (Fsp3) is 0.0714. The van der Waals surface area contributed by atoms with E-state index in [1.807, 2.05) is 54.9 Å². The predicted molar refractivity (Wildman–Crippen MR) is 159 cm³/mol. The van der Waals surface area contributed by atoms with Crippen LogP contribution in [-0.2, 0) is 0 Å². The van der Waals surface area contributed by atoms with E-state index < -0.39 is 9.85 Å². The van der Waals surface area contributed by atoms with Gasteiger partial charge in [-0.3, -0.25) is 20.2 Å². The summed E-state index contributed by atoms with van der Waals surface area (Å²) in [5.41, 5.74) is 1.56. The minimum atomic E-state index is -0.524. The Hall–Kier alpha value is -5.49. The fourth-order valence-corrected chi connectivity index (χ4v) is 3.45. The first kappa shape index (κ1) is 31.7. The number of aromatic nitrogens is 4. The van der Waals surface area contributed by atoms with Crippen LogP contribution in [0.3, 0.4) is 0 Å². The average molecular weight is 579 g/mol. The average Bonchev–Trinajstić information content (AvgIpc) is 3.61. The molecule has 0 radical (unpaired) electrons. The van der Waals surface area contributed by atoms with Crippen LogP contribution in [0, 0.1) is 20.2 Å². The Balaban J connectivity index is 0.000000228. The molecule has 0 saturated carbocycles. The number of benzene rings is 2. The number of phenolic OH excluding ortho intramolecular Hbond substituents is 1. The van der Waals surface area contributed by atoms with Gasteiger partial charge in [0.2, 0.25) is 5.88 Å². The first-order chi connectivity index (χ1) is 18.8. The lowest BCUT2D eigenvalue weighted by atomic mass is 10.2. The standard InChI is InChI=1S/C13H9N3O3.C8H7NO.C5H3ClN2O2.2CH4/c17-16(18)10-4-5-12(15-8-10)19-11-3-1-2-9-6-7-14-13(9)11;10-7-3-1-2-6-4-5-9-8(6)7;6-5-2-1-4(3-7-5)8(9)10;;/h1-8,14H;1-5,9-10H;1-3H;2*1H4. The van der Waals surface area contributed by atoms with E-state index in [2.05, 4.69) is 19.9 Å². The van der Waals surface area contributed by atoms with Gasteiger partial charge in [-0.2, -0.15) is 0 Å². The lowest BCUT2D eigenvalue weighted by Crippen LogP contribution is -1.92. The maximum atomic E-state index is 10.5. The number of nitro groups is 2. The van der Waals surface area contributed by atoms with Crippen molar-refractivity contribution >= 4 is 44.8 Å². The van der Waals surface area contributed by atoms with Crippen molar-refractivity contribution in [3.63, 3.8) is 0 Å². The van der Waals surface area contributed by atoms with Gasteiger partial charge < -0.3 is 19.8 Å². The first-order valence-corrected chi connectivity index (χ1v) is 11.5. The zero-order valence-electron chi connectivity index (χ0n) is 19.9. The molecule has 6 aromatic rings. The summed E-state index contributed by atoms with van der Waals surface area (Å²) in [6.07, 6.45) is 5.91. The Labute approximate surface area is 239 Å². The van der Waals surface area contributed by atoms with E-state index in [1.54, 1.807) is 6.07 Å². The lowest BCUT2D eigenvalue weighted by Gasteiger charge is -2.05. The molecular weight excluding hydrogens is 552 g/mol. The third kappa shape index (κ3) is 8.25. The van der Waals surface area contributed by atoms with Gasteiger partial charge in [-0.05, 0) is 30.3 Å². The van der Waals surface area contributed by atoms with E-state index >= 15 is 0 Å². The maximum Gasteiger partial charge on any atom is 0.287 e. The third-order valence-corrected chi connectivity index (χ3v) is 5.41. The van der Waals surface area contributed by atoms with Crippen molar-refractivity contribution in [2.24, 2.45) is 0 Å². The number of aromatic amines is 2. The predicted octanol–water partition coefficient (Wildman–Crippen LogP) is 8.05. The highest BCUT2D eigenvalue weighted by atomic mass is 35.5. The first-order valence-electron chi connectivity index (χ1n) is 11.2. The van der Waals surface area contributed by atoms with Crippen molar-refractivity contribution in [1.82, 2.24) is 19.9 Å². The lowest BCUT2D eigenvalue weighted by molar-refractivity contribution is -0.385. The minimum Gasteiger partial charge on any atom is -0.506 e. The summed E-state index contributed by atoms with van der Waals surface area (Å²) in [4.78, 5) is 33.0. The van der Waals surface area contributed by atoms with E-state index in [-0.39, 0.29) is 31.4 Å². The van der Waals surface area contributed by atoms with Crippen LogP contribution >= 0.6 is 11.6 Å². The molecule has 0 amide bonds. The van der Waals surface area contributed by atoms with Gasteiger partial charge in [0.05, 0.1) is 20.9 Å². The molecular formula is C28H27ClN6O6. The molecule has 6 rings (SSSR count). The van der Waals surface area contributed by atoms with E-state index in [9.17, 15) is 25.3 Å². The van der Waals surface area contributed by atoms with Crippen molar-refractivity contribution in [3.8, 4) is 17.4 Å². The molecule has 4 aromatic heterocycles. The van der Waals surface area contributed by atoms with Crippen LogP contribution in [-0.4, -0.2) is 34.9 Å². The van der Waals surface area contributed by atoms with Crippen LogP contribution in [0.25, 0.3) is 21.8 Å². The number of H-pyrrole nitrogens is 2. The summed E-state index contributed by atoms with van der Waals surface area (Å²) < 4.78 is 5.62. The molecule has 212 valence electrons. The van der Waals surface area contributed by atoms with Gasteiger partial charge >= 0.3 is 0 Å². The largest absolute Gasteiger partial charge is 0.506 e. The summed E-state index contributed by atoms with van der Waals surface area (Å²) in [6, 6.07) is 20.4. The molecule has 2 aromatic carbocycles. The number of ether oxygens (including phenoxy) is 1. The van der Waals surface area contributed by atoms with Crippen LogP contribution < -0.4 is 4.74 Å².